The van der Waals surface area contributed by atoms with Gasteiger partial charge in [0.2, 0.25) is 0 Å². The van der Waals surface area contributed by atoms with Crippen molar-refractivity contribution in [2.45, 2.75) is 38.5 Å². The van der Waals surface area contributed by atoms with Crippen LogP contribution in [0.15, 0.2) is 18.2 Å². The van der Waals surface area contributed by atoms with Crippen LogP contribution in [0.3, 0.4) is 0 Å². The van der Waals surface area contributed by atoms with Gasteiger partial charge in [-0.3, -0.25) is 0 Å². The van der Waals surface area contributed by atoms with Crippen LogP contribution >= 0.6 is 0 Å². The Kier molecular flexibility index (Phi) is 5.83. The van der Waals surface area contributed by atoms with Gasteiger partial charge in [0, 0.05) is 31.4 Å². The third-order valence-corrected chi connectivity index (χ3v) is 3.75. The molecule has 1 aliphatic heterocycles. The Morgan fingerprint density at radius 1 is 1.40 bits per heavy atom. The first-order chi connectivity index (χ1) is 9.74. The van der Waals surface area contributed by atoms with Gasteiger partial charge in [0.25, 0.3) is 0 Å². The van der Waals surface area contributed by atoms with Crippen molar-refractivity contribution >= 4 is 0 Å². The summed E-state index contributed by atoms with van der Waals surface area (Å²) in [4.78, 5) is 0. The van der Waals surface area contributed by atoms with Crippen LogP contribution in [0.2, 0.25) is 0 Å². The third-order valence-electron chi connectivity index (χ3n) is 3.75. The van der Waals surface area contributed by atoms with Crippen LogP contribution in [0.5, 0.6) is 5.75 Å². The lowest BCUT2D eigenvalue weighted by molar-refractivity contribution is 0.0671. The van der Waals surface area contributed by atoms with Crippen LogP contribution in [-0.2, 0) is 16.1 Å². The first kappa shape index (κ1) is 15.3. The molecule has 0 aliphatic carbocycles. The fraction of sp³-hybridized carbons (Fsp3) is 0.625. The molecule has 4 heteroatoms. The number of rotatable bonds is 6. The third kappa shape index (κ3) is 3.95. The second-order valence-corrected chi connectivity index (χ2v) is 5.31. The smallest absolute Gasteiger partial charge is 0.124 e. The number of hydrogen-bond acceptors (Lipinski definition) is 4. The maximum Gasteiger partial charge on any atom is 0.124 e. The minimum Gasteiger partial charge on any atom is -0.496 e. The average molecular weight is 279 g/mol. The number of benzene rings is 1. The van der Waals surface area contributed by atoms with E-state index in [0.717, 1.165) is 30.9 Å². The molecule has 2 atom stereocenters. The van der Waals surface area contributed by atoms with Gasteiger partial charge in [-0.05, 0) is 37.5 Å². The second kappa shape index (κ2) is 7.62. The Morgan fingerprint density at radius 2 is 2.25 bits per heavy atom. The van der Waals surface area contributed by atoms with Gasteiger partial charge in [-0.15, -0.1) is 0 Å². The SMILES string of the molecule is COCc1cc(C(C)NC2CCCOC2)ccc1OC. The van der Waals surface area contributed by atoms with Crippen LogP contribution in [-0.4, -0.2) is 33.5 Å². The zero-order valence-electron chi connectivity index (χ0n) is 12.6. The molecule has 1 N–H and O–H groups in total. The van der Waals surface area contributed by atoms with Crippen molar-refractivity contribution in [1.29, 1.82) is 0 Å². The summed E-state index contributed by atoms with van der Waals surface area (Å²) in [5, 5.41) is 3.64. The molecule has 112 valence electrons. The first-order valence-corrected chi connectivity index (χ1v) is 7.24. The van der Waals surface area contributed by atoms with E-state index in [1.54, 1.807) is 14.2 Å². The molecule has 1 aromatic carbocycles. The zero-order valence-corrected chi connectivity index (χ0v) is 12.6. The van der Waals surface area contributed by atoms with Crippen LogP contribution in [0.4, 0.5) is 0 Å². The maximum atomic E-state index is 5.52. The number of hydrogen-bond donors (Lipinski definition) is 1. The summed E-state index contributed by atoms with van der Waals surface area (Å²) in [5.74, 6) is 0.879. The Labute approximate surface area is 121 Å². The van der Waals surface area contributed by atoms with E-state index in [2.05, 4.69) is 24.4 Å². The van der Waals surface area contributed by atoms with Gasteiger partial charge in [0.1, 0.15) is 5.75 Å². The highest BCUT2D eigenvalue weighted by Crippen LogP contribution is 2.24. The molecule has 1 aliphatic rings. The summed E-state index contributed by atoms with van der Waals surface area (Å²) in [5.41, 5.74) is 2.34. The molecule has 2 unspecified atom stereocenters. The molecule has 0 spiro atoms. The lowest BCUT2D eigenvalue weighted by Gasteiger charge is -2.27. The van der Waals surface area contributed by atoms with Crippen LogP contribution in [0.1, 0.15) is 36.9 Å². The Bertz CT molecular complexity index is 416. The molecule has 4 nitrogen and oxygen atoms in total. The predicted molar refractivity (Wildman–Crippen MR) is 79.1 cm³/mol. The molecule has 0 saturated carbocycles. The molecule has 1 heterocycles. The maximum absolute atomic E-state index is 5.52. The van der Waals surface area contributed by atoms with Gasteiger partial charge in [-0.1, -0.05) is 6.07 Å². The van der Waals surface area contributed by atoms with Gasteiger partial charge in [-0.25, -0.2) is 0 Å². The molecular formula is C16H25NO3. The van der Waals surface area contributed by atoms with Gasteiger partial charge in [0.05, 0.1) is 20.3 Å². The zero-order chi connectivity index (χ0) is 14.4. The molecule has 0 bridgehead atoms. The van der Waals surface area contributed by atoms with E-state index < -0.39 is 0 Å². The second-order valence-electron chi connectivity index (χ2n) is 5.31. The summed E-state index contributed by atoms with van der Waals surface area (Å²) in [6.07, 6.45) is 2.33. The number of nitrogens with one attached hydrogen (secondary N) is 1. The minimum absolute atomic E-state index is 0.295. The van der Waals surface area contributed by atoms with E-state index in [0.29, 0.717) is 18.7 Å². The Morgan fingerprint density at radius 3 is 2.90 bits per heavy atom. The highest BCUT2D eigenvalue weighted by atomic mass is 16.5. The van der Waals surface area contributed by atoms with Crippen molar-refractivity contribution in [2.24, 2.45) is 0 Å². The summed E-state index contributed by atoms with van der Waals surface area (Å²) < 4.78 is 16.1. The van der Waals surface area contributed by atoms with Gasteiger partial charge in [0.15, 0.2) is 0 Å². The highest BCUT2D eigenvalue weighted by molar-refractivity contribution is 5.38. The molecule has 0 aromatic heterocycles. The molecular weight excluding hydrogens is 254 g/mol. The largest absolute Gasteiger partial charge is 0.496 e. The quantitative estimate of drug-likeness (QED) is 0.869. The van der Waals surface area contributed by atoms with Gasteiger partial charge >= 0.3 is 0 Å². The fourth-order valence-electron chi connectivity index (χ4n) is 2.66. The van der Waals surface area contributed by atoms with E-state index in [1.807, 2.05) is 6.07 Å². The topological polar surface area (TPSA) is 39.7 Å². The van der Waals surface area contributed by atoms with Crippen LogP contribution in [0.25, 0.3) is 0 Å². The van der Waals surface area contributed by atoms with E-state index in [-0.39, 0.29) is 0 Å². The van der Waals surface area contributed by atoms with Crippen molar-refractivity contribution in [3.05, 3.63) is 29.3 Å². The average Bonchev–Trinajstić information content (AvgIpc) is 2.48. The molecule has 1 saturated heterocycles. The molecule has 0 amide bonds. The highest BCUT2D eigenvalue weighted by Gasteiger charge is 2.17. The van der Waals surface area contributed by atoms with Crippen LogP contribution < -0.4 is 10.1 Å². The molecule has 0 radical (unpaired) electrons. The lowest BCUT2D eigenvalue weighted by Crippen LogP contribution is -2.38. The van der Waals surface area contributed by atoms with E-state index in [1.165, 1.54) is 12.0 Å². The van der Waals surface area contributed by atoms with Crippen molar-refractivity contribution < 1.29 is 14.2 Å². The molecule has 20 heavy (non-hydrogen) atoms. The summed E-state index contributed by atoms with van der Waals surface area (Å²) in [6, 6.07) is 7.03. The first-order valence-electron chi connectivity index (χ1n) is 7.24. The van der Waals surface area contributed by atoms with E-state index in [4.69, 9.17) is 14.2 Å². The monoisotopic (exact) mass is 279 g/mol. The van der Waals surface area contributed by atoms with Crippen LogP contribution in [0, 0.1) is 0 Å². The summed E-state index contributed by atoms with van der Waals surface area (Å²) >= 11 is 0. The van der Waals surface area contributed by atoms with Crippen molar-refractivity contribution in [3.8, 4) is 5.75 Å². The van der Waals surface area contributed by atoms with Crippen molar-refractivity contribution in [3.63, 3.8) is 0 Å². The standard InChI is InChI=1S/C16H25NO3/c1-12(17-15-5-4-8-20-11-15)13-6-7-16(19-3)14(9-13)10-18-2/h6-7,9,12,15,17H,4-5,8,10-11H2,1-3H3. The minimum atomic E-state index is 0.295. The molecule has 1 aromatic rings. The predicted octanol–water partition coefficient (Wildman–Crippen LogP) is 2.67. The fourth-order valence-corrected chi connectivity index (χ4v) is 2.66. The Balaban J connectivity index is 2.04. The van der Waals surface area contributed by atoms with Crippen molar-refractivity contribution in [2.75, 3.05) is 27.4 Å². The lowest BCUT2D eigenvalue weighted by atomic mass is 10.0. The van der Waals surface area contributed by atoms with Gasteiger partial charge < -0.3 is 19.5 Å². The molecule has 1 fully saturated rings. The van der Waals surface area contributed by atoms with E-state index in [9.17, 15) is 0 Å². The molecule has 2 rings (SSSR count). The number of methoxy groups -OCH3 is 2. The van der Waals surface area contributed by atoms with Crippen molar-refractivity contribution in [1.82, 2.24) is 5.32 Å². The normalized spacial score (nSPS) is 20.6. The van der Waals surface area contributed by atoms with Gasteiger partial charge in [-0.2, -0.15) is 0 Å². The van der Waals surface area contributed by atoms with E-state index >= 15 is 0 Å². The summed E-state index contributed by atoms with van der Waals surface area (Å²) in [6.45, 7) is 4.46. The number of ether oxygens (including phenoxy) is 3. The summed E-state index contributed by atoms with van der Waals surface area (Å²) in [7, 11) is 3.39. The Hall–Kier alpha value is -1.10.